The van der Waals surface area contributed by atoms with Crippen molar-refractivity contribution in [2.45, 2.75) is 71.6 Å². The van der Waals surface area contributed by atoms with Crippen LogP contribution in [0.4, 0.5) is 0 Å². The summed E-state index contributed by atoms with van der Waals surface area (Å²) < 4.78 is 0. The van der Waals surface area contributed by atoms with Gasteiger partial charge in [-0.3, -0.25) is 0 Å². The van der Waals surface area contributed by atoms with Crippen LogP contribution in [0, 0.1) is 0 Å². The molecule has 15 heavy (non-hydrogen) atoms. The zero-order chi connectivity index (χ0) is 11.2. The molecule has 0 heterocycles. The molecule has 0 amide bonds. The second-order valence-corrected chi connectivity index (χ2v) is 6.82. The van der Waals surface area contributed by atoms with Crippen LogP contribution in [-0.4, -0.2) is 11.5 Å². The molecule has 0 fully saturated rings. The summed E-state index contributed by atoms with van der Waals surface area (Å²) >= 11 is 0. The van der Waals surface area contributed by atoms with Crippen LogP contribution in [0.2, 0.25) is 0 Å². The van der Waals surface area contributed by atoms with Crippen molar-refractivity contribution in [2.75, 3.05) is 11.5 Å². The molecule has 0 aliphatic carbocycles. The quantitative estimate of drug-likeness (QED) is 0.311. The number of hydrogen-bond acceptors (Lipinski definition) is 2. The Morgan fingerprint density at radius 1 is 0.533 bits per heavy atom. The third-order valence-corrected chi connectivity index (χ3v) is 5.15. The predicted molar refractivity (Wildman–Crippen MR) is 77.8 cm³/mol. The first-order valence-electron chi connectivity index (χ1n) is 6.66. The summed E-state index contributed by atoms with van der Waals surface area (Å²) in [5, 5.41) is 0. The van der Waals surface area contributed by atoms with Gasteiger partial charge in [0, 0.05) is 11.5 Å². The zero-order valence-electron chi connectivity index (χ0n) is 10.6. The van der Waals surface area contributed by atoms with E-state index < -0.39 is 0 Å². The third-order valence-electron chi connectivity index (χ3n) is 2.45. The Balaban J connectivity index is 2.81. The monoisotopic (exact) mass is 248 g/mol. The fraction of sp³-hybridized carbons (Fsp3) is 1.00. The minimum Gasteiger partial charge on any atom is -0.0942 e. The summed E-state index contributed by atoms with van der Waals surface area (Å²) in [4.78, 5) is 0. The van der Waals surface area contributed by atoms with Crippen LogP contribution in [0.25, 0.3) is 0 Å². The molecule has 0 rings (SSSR count). The maximum atomic E-state index is 2.28. The Labute approximate surface area is 105 Å². The van der Waals surface area contributed by atoms with E-state index in [1.165, 1.54) is 69.3 Å². The highest BCUT2D eigenvalue weighted by Crippen LogP contribution is 2.23. The standard InChI is InChI=1S/C13H28S2/c1-3-5-6-7-8-9-10-11-13-15-14-12-4-2/h3-13H2,1-2H3. The van der Waals surface area contributed by atoms with Gasteiger partial charge in [0.2, 0.25) is 0 Å². The fourth-order valence-corrected chi connectivity index (χ4v) is 3.78. The molecular formula is C13H28S2. The Kier molecular flexibility index (Phi) is 15.4. The number of rotatable bonds is 12. The average molecular weight is 249 g/mol. The summed E-state index contributed by atoms with van der Waals surface area (Å²) in [6.45, 7) is 4.54. The fourth-order valence-electron chi connectivity index (χ4n) is 1.50. The first-order valence-corrected chi connectivity index (χ1v) is 9.15. The van der Waals surface area contributed by atoms with Crippen LogP contribution >= 0.6 is 21.6 Å². The normalized spacial score (nSPS) is 10.8. The van der Waals surface area contributed by atoms with E-state index in [0.717, 1.165) is 0 Å². The van der Waals surface area contributed by atoms with E-state index in [9.17, 15) is 0 Å². The highest BCUT2D eigenvalue weighted by atomic mass is 33.1. The van der Waals surface area contributed by atoms with Gasteiger partial charge >= 0.3 is 0 Å². The van der Waals surface area contributed by atoms with Gasteiger partial charge < -0.3 is 0 Å². The molecule has 92 valence electrons. The van der Waals surface area contributed by atoms with Crippen LogP contribution in [0.15, 0.2) is 0 Å². The van der Waals surface area contributed by atoms with Gasteiger partial charge in [-0.05, 0) is 12.8 Å². The summed E-state index contributed by atoms with van der Waals surface area (Å²) in [5.41, 5.74) is 0. The number of unbranched alkanes of at least 4 members (excludes halogenated alkanes) is 7. The lowest BCUT2D eigenvalue weighted by molar-refractivity contribution is 0.586. The van der Waals surface area contributed by atoms with Crippen molar-refractivity contribution in [1.82, 2.24) is 0 Å². The van der Waals surface area contributed by atoms with Crippen molar-refractivity contribution in [3.05, 3.63) is 0 Å². The lowest BCUT2D eigenvalue weighted by atomic mass is 10.1. The highest BCUT2D eigenvalue weighted by molar-refractivity contribution is 8.76. The smallest absolute Gasteiger partial charge is 0.00369 e. The predicted octanol–water partition coefficient (Wildman–Crippen LogP) is 5.92. The molecule has 0 nitrogen and oxygen atoms in total. The highest BCUT2D eigenvalue weighted by Gasteiger charge is 1.92. The van der Waals surface area contributed by atoms with Gasteiger partial charge in [0.25, 0.3) is 0 Å². The van der Waals surface area contributed by atoms with Crippen molar-refractivity contribution in [3.8, 4) is 0 Å². The van der Waals surface area contributed by atoms with Crippen LogP contribution < -0.4 is 0 Å². The molecule has 0 aromatic rings. The van der Waals surface area contributed by atoms with Gasteiger partial charge in [-0.1, -0.05) is 80.4 Å². The van der Waals surface area contributed by atoms with Gasteiger partial charge in [0.05, 0.1) is 0 Å². The topological polar surface area (TPSA) is 0 Å². The molecule has 0 aliphatic rings. The largest absolute Gasteiger partial charge is 0.0942 e. The van der Waals surface area contributed by atoms with Gasteiger partial charge in [0.15, 0.2) is 0 Å². The SMILES string of the molecule is CCCCCCCCCCSSCCC. The molecule has 0 aromatic carbocycles. The third kappa shape index (κ3) is 14.7. The molecule has 0 bridgehead atoms. The second-order valence-electron chi connectivity index (χ2n) is 4.12. The van der Waals surface area contributed by atoms with E-state index in [2.05, 4.69) is 24.6 Å². The lowest BCUT2D eigenvalue weighted by Gasteiger charge is -2.01. The van der Waals surface area contributed by atoms with Gasteiger partial charge in [-0.2, -0.15) is 0 Å². The first-order chi connectivity index (χ1) is 7.41. The second kappa shape index (κ2) is 14.7. The summed E-state index contributed by atoms with van der Waals surface area (Å²) in [7, 11) is 4.11. The van der Waals surface area contributed by atoms with Crippen molar-refractivity contribution in [2.24, 2.45) is 0 Å². The van der Waals surface area contributed by atoms with E-state index in [1.54, 1.807) is 0 Å². The Morgan fingerprint density at radius 3 is 1.67 bits per heavy atom. The molecule has 0 unspecified atom stereocenters. The Bertz CT molecular complexity index is 92.7. The summed E-state index contributed by atoms with van der Waals surface area (Å²) in [6.07, 6.45) is 12.8. The molecule has 0 radical (unpaired) electrons. The molecule has 0 saturated carbocycles. The summed E-state index contributed by atoms with van der Waals surface area (Å²) in [6, 6.07) is 0. The van der Waals surface area contributed by atoms with Crippen LogP contribution in [0.5, 0.6) is 0 Å². The maximum absolute atomic E-state index is 2.28. The molecular weight excluding hydrogens is 220 g/mol. The molecule has 0 aliphatic heterocycles. The maximum Gasteiger partial charge on any atom is 0.00369 e. The van der Waals surface area contributed by atoms with Crippen molar-refractivity contribution < 1.29 is 0 Å². The van der Waals surface area contributed by atoms with E-state index >= 15 is 0 Å². The van der Waals surface area contributed by atoms with Crippen molar-refractivity contribution in [3.63, 3.8) is 0 Å². The molecule has 0 spiro atoms. The Hall–Kier alpha value is 0.700. The van der Waals surface area contributed by atoms with Crippen molar-refractivity contribution in [1.29, 1.82) is 0 Å². The van der Waals surface area contributed by atoms with Crippen LogP contribution in [-0.2, 0) is 0 Å². The summed E-state index contributed by atoms with van der Waals surface area (Å²) in [5.74, 6) is 2.68. The molecule has 2 heteroatoms. The first kappa shape index (κ1) is 15.7. The van der Waals surface area contributed by atoms with E-state index in [0.29, 0.717) is 0 Å². The lowest BCUT2D eigenvalue weighted by Crippen LogP contribution is -1.82. The van der Waals surface area contributed by atoms with E-state index in [4.69, 9.17) is 0 Å². The number of hydrogen-bond donors (Lipinski definition) is 0. The van der Waals surface area contributed by atoms with Crippen LogP contribution in [0.1, 0.15) is 71.6 Å². The minimum atomic E-state index is 1.31. The molecule has 0 N–H and O–H groups in total. The van der Waals surface area contributed by atoms with Gasteiger partial charge in [-0.15, -0.1) is 0 Å². The minimum absolute atomic E-state index is 1.31. The Morgan fingerprint density at radius 2 is 1.07 bits per heavy atom. The van der Waals surface area contributed by atoms with Crippen molar-refractivity contribution >= 4 is 21.6 Å². The van der Waals surface area contributed by atoms with Gasteiger partial charge in [-0.25, -0.2) is 0 Å². The van der Waals surface area contributed by atoms with E-state index in [-0.39, 0.29) is 0 Å². The van der Waals surface area contributed by atoms with Crippen LogP contribution in [0.3, 0.4) is 0 Å². The zero-order valence-corrected chi connectivity index (χ0v) is 12.2. The average Bonchev–Trinajstić information content (AvgIpc) is 2.26. The molecule has 0 atom stereocenters. The molecule has 0 saturated heterocycles. The van der Waals surface area contributed by atoms with Gasteiger partial charge in [0.1, 0.15) is 0 Å². The van der Waals surface area contributed by atoms with E-state index in [1.807, 2.05) is 10.8 Å². The molecule has 0 aromatic heterocycles.